The molecule has 0 radical (unpaired) electrons. The van der Waals surface area contributed by atoms with Crippen molar-refractivity contribution >= 4 is 39.2 Å². The van der Waals surface area contributed by atoms with Crippen LogP contribution in [0.15, 0.2) is 23.1 Å². The predicted octanol–water partition coefficient (Wildman–Crippen LogP) is 3.89. The van der Waals surface area contributed by atoms with Gasteiger partial charge in [0, 0.05) is 24.5 Å². The van der Waals surface area contributed by atoms with Crippen LogP contribution in [0.3, 0.4) is 0 Å². The maximum absolute atomic E-state index is 13.0. The standard InChI is InChI=1S/C21H26ClN3O5S/c1-4-30-21(27)18-13(2)19(23-14(18)3)20(26)24-15-8-9-16(22)17(12-15)31(28,29)25-10-6-5-7-11-25/h8-9,12,23H,4-7,10-11H2,1-3H3,(H,24,26). The molecule has 1 aromatic heterocycles. The van der Waals surface area contributed by atoms with Gasteiger partial charge in [0.1, 0.15) is 10.6 Å². The minimum absolute atomic E-state index is 0.0412. The Labute approximate surface area is 187 Å². The van der Waals surface area contributed by atoms with Gasteiger partial charge in [0.2, 0.25) is 10.0 Å². The molecule has 0 aliphatic carbocycles. The summed E-state index contributed by atoms with van der Waals surface area (Å²) in [5, 5.41) is 2.79. The van der Waals surface area contributed by atoms with Crippen LogP contribution in [0, 0.1) is 13.8 Å². The molecular formula is C21H26ClN3O5S. The van der Waals surface area contributed by atoms with Gasteiger partial charge in [-0.05, 0) is 57.4 Å². The summed E-state index contributed by atoms with van der Waals surface area (Å²) in [5.41, 5.74) is 1.79. The molecule has 2 N–H and O–H groups in total. The topological polar surface area (TPSA) is 109 Å². The first-order valence-corrected chi connectivity index (χ1v) is 12.0. The Morgan fingerprint density at radius 3 is 2.52 bits per heavy atom. The average molecular weight is 468 g/mol. The maximum atomic E-state index is 13.0. The number of aromatic amines is 1. The molecule has 10 heteroatoms. The molecule has 31 heavy (non-hydrogen) atoms. The van der Waals surface area contributed by atoms with Gasteiger partial charge < -0.3 is 15.0 Å². The monoisotopic (exact) mass is 467 g/mol. The van der Waals surface area contributed by atoms with Gasteiger partial charge in [0.05, 0.1) is 17.2 Å². The second-order valence-corrected chi connectivity index (χ2v) is 9.72. The molecule has 3 rings (SSSR count). The van der Waals surface area contributed by atoms with Gasteiger partial charge in [0.15, 0.2) is 0 Å². The predicted molar refractivity (Wildman–Crippen MR) is 118 cm³/mol. The van der Waals surface area contributed by atoms with Gasteiger partial charge in [0.25, 0.3) is 5.91 Å². The molecule has 0 spiro atoms. The number of H-pyrrole nitrogens is 1. The van der Waals surface area contributed by atoms with Crippen LogP contribution in [-0.2, 0) is 14.8 Å². The number of piperidine rings is 1. The largest absolute Gasteiger partial charge is 0.462 e. The van der Waals surface area contributed by atoms with E-state index in [0.717, 1.165) is 19.3 Å². The Morgan fingerprint density at radius 1 is 1.19 bits per heavy atom. The normalized spacial score (nSPS) is 15.0. The fraction of sp³-hybridized carbons (Fsp3) is 0.429. The van der Waals surface area contributed by atoms with Crippen molar-refractivity contribution in [2.24, 2.45) is 0 Å². The number of amides is 1. The van der Waals surface area contributed by atoms with Gasteiger partial charge in [-0.1, -0.05) is 18.0 Å². The van der Waals surface area contributed by atoms with E-state index in [-0.39, 0.29) is 27.9 Å². The van der Waals surface area contributed by atoms with E-state index in [1.165, 1.54) is 22.5 Å². The van der Waals surface area contributed by atoms with Crippen LogP contribution < -0.4 is 5.32 Å². The highest BCUT2D eigenvalue weighted by Gasteiger charge is 2.29. The summed E-state index contributed by atoms with van der Waals surface area (Å²) in [4.78, 5) is 27.9. The zero-order valence-electron chi connectivity index (χ0n) is 17.7. The molecule has 1 fully saturated rings. The van der Waals surface area contributed by atoms with E-state index in [4.69, 9.17) is 16.3 Å². The number of rotatable bonds is 6. The number of esters is 1. The number of benzene rings is 1. The number of hydrogen-bond donors (Lipinski definition) is 2. The van der Waals surface area contributed by atoms with Crippen molar-refractivity contribution in [1.82, 2.24) is 9.29 Å². The number of nitrogens with zero attached hydrogens (tertiary/aromatic N) is 1. The first-order valence-electron chi connectivity index (χ1n) is 10.1. The van der Waals surface area contributed by atoms with Gasteiger partial charge in [-0.15, -0.1) is 0 Å². The Hall–Kier alpha value is -2.36. The third-order valence-corrected chi connectivity index (χ3v) is 7.65. The van der Waals surface area contributed by atoms with Gasteiger partial charge in [-0.3, -0.25) is 4.79 Å². The van der Waals surface area contributed by atoms with Crippen LogP contribution in [0.5, 0.6) is 0 Å². The molecular weight excluding hydrogens is 442 g/mol. The number of nitrogens with one attached hydrogen (secondary N) is 2. The molecule has 1 amide bonds. The minimum atomic E-state index is -3.76. The van der Waals surface area contributed by atoms with E-state index in [2.05, 4.69) is 10.3 Å². The van der Waals surface area contributed by atoms with E-state index in [0.29, 0.717) is 29.9 Å². The van der Waals surface area contributed by atoms with E-state index in [1.54, 1.807) is 20.8 Å². The summed E-state index contributed by atoms with van der Waals surface area (Å²) in [5.74, 6) is -1.01. The molecule has 0 saturated carbocycles. The number of carbonyl (C=O) groups is 2. The van der Waals surface area contributed by atoms with Crippen LogP contribution in [-0.4, -0.2) is 49.3 Å². The molecule has 168 valence electrons. The zero-order valence-corrected chi connectivity index (χ0v) is 19.3. The lowest BCUT2D eigenvalue weighted by atomic mass is 10.1. The number of halogens is 1. The first kappa shape index (κ1) is 23.3. The van der Waals surface area contributed by atoms with Crippen LogP contribution in [0.4, 0.5) is 5.69 Å². The van der Waals surface area contributed by atoms with E-state index in [9.17, 15) is 18.0 Å². The van der Waals surface area contributed by atoms with E-state index in [1.807, 2.05) is 0 Å². The number of carbonyl (C=O) groups excluding carboxylic acids is 2. The van der Waals surface area contributed by atoms with Crippen molar-refractivity contribution < 1.29 is 22.7 Å². The lowest BCUT2D eigenvalue weighted by molar-refractivity contribution is 0.0525. The molecule has 1 saturated heterocycles. The SMILES string of the molecule is CCOC(=O)c1c(C)[nH]c(C(=O)Nc2ccc(Cl)c(S(=O)(=O)N3CCCCC3)c2)c1C. The van der Waals surface area contributed by atoms with Crippen LogP contribution in [0.1, 0.15) is 58.3 Å². The second-order valence-electron chi connectivity index (χ2n) is 7.41. The number of aryl methyl sites for hydroxylation is 1. The Kier molecular flexibility index (Phi) is 7.08. The van der Waals surface area contributed by atoms with Gasteiger partial charge >= 0.3 is 5.97 Å². The second kappa shape index (κ2) is 9.42. The Morgan fingerprint density at radius 2 is 1.87 bits per heavy atom. The molecule has 8 nitrogen and oxygen atoms in total. The van der Waals surface area contributed by atoms with Crippen LogP contribution in [0.2, 0.25) is 5.02 Å². The molecule has 0 unspecified atom stereocenters. The lowest BCUT2D eigenvalue weighted by Gasteiger charge is -2.26. The number of ether oxygens (including phenoxy) is 1. The molecule has 0 atom stereocenters. The van der Waals surface area contributed by atoms with E-state index < -0.39 is 21.9 Å². The van der Waals surface area contributed by atoms with Crippen molar-refractivity contribution in [3.63, 3.8) is 0 Å². The van der Waals surface area contributed by atoms with Crippen molar-refractivity contribution in [3.8, 4) is 0 Å². The number of anilines is 1. The highest BCUT2D eigenvalue weighted by Crippen LogP contribution is 2.30. The summed E-state index contributed by atoms with van der Waals surface area (Å²) in [6, 6.07) is 4.35. The lowest BCUT2D eigenvalue weighted by Crippen LogP contribution is -2.35. The molecule has 2 heterocycles. The fourth-order valence-corrected chi connectivity index (χ4v) is 5.72. The van der Waals surface area contributed by atoms with Gasteiger partial charge in [-0.25, -0.2) is 13.2 Å². The van der Waals surface area contributed by atoms with Crippen LogP contribution in [0.25, 0.3) is 0 Å². The minimum Gasteiger partial charge on any atom is -0.462 e. The summed E-state index contributed by atoms with van der Waals surface area (Å²) < 4.78 is 32.5. The molecule has 2 aromatic rings. The Balaban J connectivity index is 1.87. The summed E-state index contributed by atoms with van der Waals surface area (Å²) in [6.45, 7) is 6.17. The molecule has 0 bridgehead atoms. The van der Waals surface area contributed by atoms with Crippen molar-refractivity contribution in [2.45, 2.75) is 44.9 Å². The summed E-state index contributed by atoms with van der Waals surface area (Å²) >= 11 is 6.19. The molecule has 1 aliphatic heterocycles. The number of aromatic nitrogens is 1. The van der Waals surface area contributed by atoms with E-state index >= 15 is 0 Å². The fourth-order valence-electron chi connectivity index (χ4n) is 3.70. The van der Waals surface area contributed by atoms with Crippen molar-refractivity contribution in [1.29, 1.82) is 0 Å². The van der Waals surface area contributed by atoms with Crippen molar-refractivity contribution in [3.05, 3.63) is 45.7 Å². The van der Waals surface area contributed by atoms with Gasteiger partial charge in [-0.2, -0.15) is 4.31 Å². The highest BCUT2D eigenvalue weighted by molar-refractivity contribution is 7.89. The highest BCUT2D eigenvalue weighted by atomic mass is 35.5. The summed E-state index contributed by atoms with van der Waals surface area (Å²) in [7, 11) is -3.76. The van der Waals surface area contributed by atoms with Crippen molar-refractivity contribution in [2.75, 3.05) is 25.0 Å². The zero-order chi connectivity index (χ0) is 22.8. The third-order valence-electron chi connectivity index (χ3n) is 5.27. The van der Waals surface area contributed by atoms with Crippen LogP contribution >= 0.6 is 11.6 Å². The quantitative estimate of drug-likeness (QED) is 0.626. The maximum Gasteiger partial charge on any atom is 0.340 e. The Bertz CT molecular complexity index is 1100. The molecule has 1 aliphatic rings. The third kappa shape index (κ3) is 4.78. The first-order chi connectivity index (χ1) is 14.7. The molecule has 1 aromatic carbocycles. The summed E-state index contributed by atoms with van der Waals surface area (Å²) in [6.07, 6.45) is 2.61. The smallest absolute Gasteiger partial charge is 0.340 e. The number of hydrogen-bond acceptors (Lipinski definition) is 5. The number of sulfonamides is 1. The average Bonchev–Trinajstić information content (AvgIpc) is 3.04.